The molecule has 0 aromatic heterocycles. The normalized spacial score (nSPS) is 25.8. The predicted octanol–water partition coefficient (Wildman–Crippen LogP) is 2.79. The molecule has 2 nitrogen and oxygen atoms in total. The summed E-state index contributed by atoms with van der Waals surface area (Å²) in [4.78, 5) is 2.53. The first-order chi connectivity index (χ1) is 8.00. The molecule has 1 heterocycles. The lowest BCUT2D eigenvalue weighted by Crippen LogP contribution is -2.36. The Kier molecular flexibility index (Phi) is 3.55. The highest BCUT2D eigenvalue weighted by Gasteiger charge is 2.34. The Morgan fingerprint density at radius 1 is 1.29 bits per heavy atom. The van der Waals surface area contributed by atoms with E-state index in [2.05, 4.69) is 50.8 Å². The highest BCUT2D eigenvalue weighted by molar-refractivity contribution is 5.34. The van der Waals surface area contributed by atoms with Crippen molar-refractivity contribution in [2.45, 2.75) is 52.2 Å². The van der Waals surface area contributed by atoms with Crippen molar-refractivity contribution in [3.8, 4) is 0 Å². The standard InChI is InChI=1S/C15H24N2/c1-10(2)17-8-7-14(16)15(17)13-9-11(3)5-6-12(13)4/h5-6,9-10,14-15H,7-8,16H2,1-4H3. The number of rotatable bonds is 2. The van der Waals surface area contributed by atoms with Gasteiger partial charge in [-0.3, -0.25) is 4.90 Å². The number of hydrogen-bond acceptors (Lipinski definition) is 2. The van der Waals surface area contributed by atoms with Crippen LogP contribution in [0.25, 0.3) is 0 Å². The molecular weight excluding hydrogens is 208 g/mol. The van der Waals surface area contributed by atoms with E-state index in [1.54, 1.807) is 0 Å². The van der Waals surface area contributed by atoms with Crippen LogP contribution in [0.3, 0.4) is 0 Å². The third-order valence-corrected chi connectivity index (χ3v) is 3.90. The quantitative estimate of drug-likeness (QED) is 0.849. The van der Waals surface area contributed by atoms with E-state index in [0.29, 0.717) is 12.1 Å². The van der Waals surface area contributed by atoms with Crippen LogP contribution in [-0.2, 0) is 0 Å². The number of aryl methyl sites for hydroxylation is 2. The van der Waals surface area contributed by atoms with Crippen LogP contribution < -0.4 is 5.73 Å². The summed E-state index contributed by atoms with van der Waals surface area (Å²) in [5, 5.41) is 0. The Balaban J connectivity index is 2.39. The fourth-order valence-corrected chi connectivity index (χ4v) is 2.91. The minimum atomic E-state index is 0.276. The maximum Gasteiger partial charge on any atom is 0.0505 e. The topological polar surface area (TPSA) is 29.3 Å². The molecule has 1 fully saturated rings. The first-order valence-corrected chi connectivity index (χ1v) is 6.59. The number of nitrogens with zero attached hydrogens (tertiary/aromatic N) is 1. The third kappa shape index (κ3) is 2.38. The molecule has 2 heteroatoms. The van der Waals surface area contributed by atoms with Crippen LogP contribution in [0.5, 0.6) is 0 Å². The molecule has 94 valence electrons. The molecule has 2 rings (SSSR count). The maximum absolute atomic E-state index is 6.32. The minimum absolute atomic E-state index is 0.276. The monoisotopic (exact) mass is 232 g/mol. The lowest BCUT2D eigenvalue weighted by Gasteiger charge is -2.31. The van der Waals surface area contributed by atoms with E-state index in [4.69, 9.17) is 5.73 Å². The smallest absolute Gasteiger partial charge is 0.0505 e. The molecule has 2 unspecified atom stereocenters. The van der Waals surface area contributed by atoms with Gasteiger partial charge in [0.15, 0.2) is 0 Å². The molecule has 1 saturated heterocycles. The molecule has 2 N–H and O–H groups in total. The first-order valence-electron chi connectivity index (χ1n) is 6.59. The van der Waals surface area contributed by atoms with E-state index in [1.807, 2.05) is 0 Å². The van der Waals surface area contributed by atoms with Gasteiger partial charge in [-0.1, -0.05) is 23.8 Å². The summed E-state index contributed by atoms with van der Waals surface area (Å²) >= 11 is 0. The van der Waals surface area contributed by atoms with Crippen molar-refractivity contribution in [3.63, 3.8) is 0 Å². The summed E-state index contributed by atoms with van der Waals surface area (Å²) in [6, 6.07) is 7.94. The average molecular weight is 232 g/mol. The Bertz CT molecular complexity index is 398. The number of hydrogen-bond donors (Lipinski definition) is 1. The van der Waals surface area contributed by atoms with Crippen LogP contribution in [0.15, 0.2) is 18.2 Å². The SMILES string of the molecule is Cc1ccc(C)c(C2C(N)CCN2C(C)C)c1. The second kappa shape index (κ2) is 4.79. The van der Waals surface area contributed by atoms with Crippen LogP contribution in [0.2, 0.25) is 0 Å². The lowest BCUT2D eigenvalue weighted by molar-refractivity contribution is 0.197. The fourth-order valence-electron chi connectivity index (χ4n) is 2.91. The molecule has 0 saturated carbocycles. The number of benzene rings is 1. The third-order valence-electron chi connectivity index (χ3n) is 3.90. The fraction of sp³-hybridized carbons (Fsp3) is 0.600. The Hall–Kier alpha value is -0.860. The summed E-state index contributed by atoms with van der Waals surface area (Å²) in [6.07, 6.45) is 1.11. The van der Waals surface area contributed by atoms with E-state index in [-0.39, 0.29) is 6.04 Å². The summed E-state index contributed by atoms with van der Waals surface area (Å²) in [7, 11) is 0. The summed E-state index contributed by atoms with van der Waals surface area (Å²) in [5.74, 6) is 0. The summed E-state index contributed by atoms with van der Waals surface area (Å²) < 4.78 is 0. The predicted molar refractivity (Wildman–Crippen MR) is 73.1 cm³/mol. The molecule has 1 aromatic rings. The Morgan fingerprint density at radius 3 is 2.65 bits per heavy atom. The van der Waals surface area contributed by atoms with Gasteiger partial charge in [0.2, 0.25) is 0 Å². The van der Waals surface area contributed by atoms with Crippen molar-refractivity contribution in [1.82, 2.24) is 4.90 Å². The van der Waals surface area contributed by atoms with Crippen LogP contribution >= 0.6 is 0 Å². The van der Waals surface area contributed by atoms with Crippen molar-refractivity contribution in [2.24, 2.45) is 5.73 Å². The van der Waals surface area contributed by atoms with Crippen molar-refractivity contribution in [1.29, 1.82) is 0 Å². The maximum atomic E-state index is 6.32. The van der Waals surface area contributed by atoms with Crippen molar-refractivity contribution >= 4 is 0 Å². The molecule has 17 heavy (non-hydrogen) atoms. The van der Waals surface area contributed by atoms with Crippen molar-refractivity contribution in [3.05, 3.63) is 34.9 Å². The summed E-state index contributed by atoms with van der Waals surface area (Å²) in [5.41, 5.74) is 10.4. The largest absolute Gasteiger partial charge is 0.326 e. The molecule has 0 spiro atoms. The lowest BCUT2D eigenvalue weighted by atomic mass is 9.94. The van der Waals surface area contributed by atoms with Gasteiger partial charge < -0.3 is 5.73 Å². The van der Waals surface area contributed by atoms with E-state index >= 15 is 0 Å². The van der Waals surface area contributed by atoms with Gasteiger partial charge in [-0.25, -0.2) is 0 Å². The molecule has 0 aliphatic carbocycles. The molecule has 0 bridgehead atoms. The van der Waals surface area contributed by atoms with Gasteiger partial charge in [-0.05, 0) is 45.2 Å². The van der Waals surface area contributed by atoms with Crippen LogP contribution in [0.4, 0.5) is 0 Å². The van der Waals surface area contributed by atoms with Gasteiger partial charge in [-0.2, -0.15) is 0 Å². The molecule has 2 atom stereocenters. The highest BCUT2D eigenvalue weighted by atomic mass is 15.2. The van der Waals surface area contributed by atoms with Crippen molar-refractivity contribution < 1.29 is 0 Å². The minimum Gasteiger partial charge on any atom is -0.326 e. The van der Waals surface area contributed by atoms with Crippen LogP contribution in [0, 0.1) is 13.8 Å². The zero-order chi connectivity index (χ0) is 12.6. The highest BCUT2D eigenvalue weighted by Crippen LogP contribution is 2.34. The zero-order valence-electron chi connectivity index (χ0n) is 11.4. The van der Waals surface area contributed by atoms with Gasteiger partial charge in [0, 0.05) is 18.6 Å². The molecule has 0 amide bonds. The second-order valence-electron chi connectivity index (χ2n) is 5.59. The number of likely N-dealkylation sites (tertiary alicyclic amines) is 1. The second-order valence-corrected chi connectivity index (χ2v) is 5.59. The average Bonchev–Trinajstić information content (AvgIpc) is 2.64. The van der Waals surface area contributed by atoms with E-state index in [1.165, 1.54) is 16.7 Å². The van der Waals surface area contributed by atoms with Gasteiger partial charge in [0.25, 0.3) is 0 Å². The molecule has 1 aromatic carbocycles. The number of nitrogens with two attached hydrogens (primary N) is 1. The molecule has 0 radical (unpaired) electrons. The van der Waals surface area contributed by atoms with Gasteiger partial charge >= 0.3 is 0 Å². The van der Waals surface area contributed by atoms with Crippen molar-refractivity contribution in [2.75, 3.05) is 6.54 Å². The summed E-state index contributed by atoms with van der Waals surface area (Å²) in [6.45, 7) is 9.99. The van der Waals surface area contributed by atoms with Crippen LogP contribution in [-0.4, -0.2) is 23.5 Å². The van der Waals surface area contributed by atoms with E-state index in [9.17, 15) is 0 Å². The van der Waals surface area contributed by atoms with E-state index in [0.717, 1.165) is 13.0 Å². The Labute approximate surface area is 105 Å². The zero-order valence-corrected chi connectivity index (χ0v) is 11.4. The van der Waals surface area contributed by atoms with Crippen LogP contribution in [0.1, 0.15) is 43.0 Å². The van der Waals surface area contributed by atoms with Gasteiger partial charge in [0.05, 0.1) is 6.04 Å². The first kappa shape index (κ1) is 12.6. The molecule has 1 aliphatic rings. The van der Waals surface area contributed by atoms with Gasteiger partial charge in [-0.15, -0.1) is 0 Å². The van der Waals surface area contributed by atoms with E-state index < -0.39 is 0 Å². The molecule has 1 aliphatic heterocycles. The Morgan fingerprint density at radius 2 is 2.00 bits per heavy atom. The van der Waals surface area contributed by atoms with Gasteiger partial charge in [0.1, 0.15) is 0 Å². The molecular formula is C15H24N2.